The van der Waals surface area contributed by atoms with Crippen LogP contribution in [0.3, 0.4) is 0 Å². The summed E-state index contributed by atoms with van der Waals surface area (Å²) < 4.78 is 0. The van der Waals surface area contributed by atoms with E-state index in [9.17, 15) is 4.79 Å². The van der Waals surface area contributed by atoms with Gasteiger partial charge in [-0.1, -0.05) is 18.2 Å². The number of carbonyl (C=O) groups is 1. The molecule has 1 aromatic rings. The summed E-state index contributed by atoms with van der Waals surface area (Å²) in [5.41, 5.74) is 1.63. The molecule has 22 heavy (non-hydrogen) atoms. The van der Waals surface area contributed by atoms with Gasteiger partial charge in [-0.3, -0.25) is 4.79 Å². The Morgan fingerprint density at radius 2 is 1.73 bits per heavy atom. The normalized spacial score (nSPS) is 27.0. The molecule has 1 aliphatic carbocycles. The fourth-order valence-corrected chi connectivity index (χ4v) is 4.22. The minimum Gasteiger partial charge on any atom is -0.368 e. The number of piperidine rings is 1. The van der Waals surface area contributed by atoms with Crippen molar-refractivity contribution in [2.75, 3.05) is 44.2 Å². The first-order valence-corrected chi connectivity index (χ1v) is 8.58. The molecule has 3 fully saturated rings. The minimum absolute atomic E-state index is 0.317. The Balaban J connectivity index is 1.33. The number of rotatable bonds is 2. The van der Waals surface area contributed by atoms with E-state index in [0.29, 0.717) is 17.2 Å². The van der Waals surface area contributed by atoms with Gasteiger partial charge in [-0.05, 0) is 49.9 Å². The van der Waals surface area contributed by atoms with Gasteiger partial charge in [0.15, 0.2) is 0 Å². The van der Waals surface area contributed by atoms with Crippen LogP contribution in [-0.4, -0.2) is 50.1 Å². The molecule has 1 saturated carbocycles. The van der Waals surface area contributed by atoms with E-state index in [1.165, 1.54) is 18.5 Å². The molecule has 4 rings (SSSR count). The van der Waals surface area contributed by atoms with E-state index in [1.54, 1.807) is 0 Å². The van der Waals surface area contributed by atoms with E-state index in [4.69, 9.17) is 0 Å². The molecule has 3 aliphatic rings. The van der Waals surface area contributed by atoms with Crippen LogP contribution in [0.25, 0.3) is 0 Å². The summed E-state index contributed by atoms with van der Waals surface area (Å²) in [7, 11) is 0. The summed E-state index contributed by atoms with van der Waals surface area (Å²) in [4.78, 5) is 17.3. The van der Waals surface area contributed by atoms with Crippen LogP contribution in [0, 0.1) is 11.3 Å². The van der Waals surface area contributed by atoms with Crippen LogP contribution in [-0.2, 0) is 4.79 Å². The van der Waals surface area contributed by atoms with Gasteiger partial charge in [-0.25, -0.2) is 0 Å². The third-order valence-electron chi connectivity index (χ3n) is 5.80. The van der Waals surface area contributed by atoms with Gasteiger partial charge in [0.1, 0.15) is 0 Å². The average molecular weight is 299 g/mol. The van der Waals surface area contributed by atoms with Crippen molar-refractivity contribution < 1.29 is 4.79 Å². The number of nitrogens with zero attached hydrogens (tertiary/aromatic N) is 2. The summed E-state index contributed by atoms with van der Waals surface area (Å²) in [6.07, 6.45) is 3.51. The maximum atomic E-state index is 12.8. The van der Waals surface area contributed by atoms with Crippen molar-refractivity contribution in [3.63, 3.8) is 0 Å². The lowest BCUT2D eigenvalue weighted by atomic mass is 9.91. The molecule has 0 unspecified atom stereocenters. The second-order valence-corrected chi connectivity index (χ2v) is 7.02. The lowest BCUT2D eigenvalue weighted by molar-refractivity contribution is -0.133. The van der Waals surface area contributed by atoms with Crippen LogP contribution in [0.15, 0.2) is 30.3 Å². The van der Waals surface area contributed by atoms with Gasteiger partial charge in [-0.2, -0.15) is 0 Å². The number of nitrogens with one attached hydrogen (secondary N) is 1. The van der Waals surface area contributed by atoms with Gasteiger partial charge in [0.2, 0.25) is 5.91 Å². The second-order valence-electron chi connectivity index (χ2n) is 7.02. The van der Waals surface area contributed by atoms with Gasteiger partial charge >= 0.3 is 0 Å². The number of anilines is 1. The Hall–Kier alpha value is -1.55. The van der Waals surface area contributed by atoms with Crippen LogP contribution >= 0.6 is 0 Å². The molecule has 4 nitrogen and oxygen atoms in total. The molecule has 2 heterocycles. The van der Waals surface area contributed by atoms with Gasteiger partial charge < -0.3 is 15.1 Å². The fourth-order valence-electron chi connectivity index (χ4n) is 4.22. The van der Waals surface area contributed by atoms with E-state index in [-0.39, 0.29) is 0 Å². The highest BCUT2D eigenvalue weighted by Gasteiger charge is 2.58. The van der Waals surface area contributed by atoms with Crippen molar-refractivity contribution in [1.29, 1.82) is 0 Å². The highest BCUT2D eigenvalue weighted by Crippen LogP contribution is 2.59. The van der Waals surface area contributed by atoms with E-state index in [2.05, 4.69) is 45.4 Å². The number of carbonyl (C=O) groups excluding carboxylic acids is 1. The maximum absolute atomic E-state index is 12.8. The van der Waals surface area contributed by atoms with Crippen LogP contribution < -0.4 is 10.2 Å². The monoisotopic (exact) mass is 299 g/mol. The molecule has 1 spiro atoms. The largest absolute Gasteiger partial charge is 0.368 e. The zero-order valence-electron chi connectivity index (χ0n) is 13.1. The molecule has 1 aromatic carbocycles. The first-order valence-electron chi connectivity index (χ1n) is 8.58. The fraction of sp³-hybridized carbons (Fsp3) is 0.611. The van der Waals surface area contributed by atoms with Gasteiger partial charge in [0.05, 0.1) is 0 Å². The molecule has 118 valence electrons. The molecule has 1 atom stereocenters. The van der Waals surface area contributed by atoms with Gasteiger partial charge in [-0.15, -0.1) is 0 Å². The van der Waals surface area contributed by atoms with Crippen molar-refractivity contribution in [3.05, 3.63) is 30.3 Å². The zero-order chi connectivity index (χ0) is 15.0. The van der Waals surface area contributed by atoms with Crippen molar-refractivity contribution >= 4 is 11.6 Å². The Morgan fingerprint density at radius 3 is 2.41 bits per heavy atom. The standard InChI is InChI=1S/C18H25N3O/c22-17(16-14-18(16)6-8-19-9-7-18)21-12-10-20(11-13-21)15-4-2-1-3-5-15/h1-5,16,19H,6-14H2/t16-/m0/s1. The summed E-state index contributed by atoms with van der Waals surface area (Å²) >= 11 is 0. The Labute approximate surface area is 132 Å². The topological polar surface area (TPSA) is 35.6 Å². The number of hydrogen-bond acceptors (Lipinski definition) is 3. The molecule has 0 bridgehead atoms. The average Bonchev–Trinajstić information content (AvgIpc) is 3.29. The first kappa shape index (κ1) is 14.1. The quantitative estimate of drug-likeness (QED) is 0.903. The lowest BCUT2D eigenvalue weighted by Gasteiger charge is -2.37. The van der Waals surface area contributed by atoms with Crippen LogP contribution in [0.4, 0.5) is 5.69 Å². The van der Waals surface area contributed by atoms with Crippen LogP contribution in [0.1, 0.15) is 19.3 Å². The van der Waals surface area contributed by atoms with Gasteiger partial charge in [0, 0.05) is 37.8 Å². The highest BCUT2D eigenvalue weighted by molar-refractivity contribution is 5.83. The van der Waals surface area contributed by atoms with Crippen LogP contribution in [0.5, 0.6) is 0 Å². The SMILES string of the molecule is O=C([C@@H]1CC12CCNCC2)N1CCN(c2ccccc2)CC1. The van der Waals surface area contributed by atoms with E-state index < -0.39 is 0 Å². The van der Waals surface area contributed by atoms with Crippen molar-refractivity contribution in [2.45, 2.75) is 19.3 Å². The Kier molecular flexibility index (Phi) is 3.57. The molecule has 2 saturated heterocycles. The van der Waals surface area contributed by atoms with Crippen molar-refractivity contribution in [1.82, 2.24) is 10.2 Å². The van der Waals surface area contributed by atoms with Gasteiger partial charge in [0.25, 0.3) is 0 Å². The smallest absolute Gasteiger partial charge is 0.226 e. The van der Waals surface area contributed by atoms with Crippen LogP contribution in [0.2, 0.25) is 0 Å². The summed E-state index contributed by atoms with van der Waals surface area (Å²) in [5, 5.41) is 3.41. The summed E-state index contributed by atoms with van der Waals surface area (Å²) in [6.45, 7) is 5.84. The molecule has 1 amide bonds. The predicted molar refractivity (Wildman–Crippen MR) is 87.9 cm³/mol. The molecular formula is C18H25N3O. The Morgan fingerprint density at radius 1 is 1.05 bits per heavy atom. The first-order chi connectivity index (χ1) is 10.8. The molecule has 4 heteroatoms. The highest BCUT2D eigenvalue weighted by atomic mass is 16.2. The zero-order valence-corrected chi connectivity index (χ0v) is 13.1. The summed E-state index contributed by atoms with van der Waals surface area (Å²) in [5.74, 6) is 0.743. The van der Waals surface area contributed by atoms with Crippen molar-refractivity contribution in [2.24, 2.45) is 11.3 Å². The third-order valence-corrected chi connectivity index (χ3v) is 5.80. The second kappa shape index (κ2) is 5.58. The number of piperazine rings is 1. The summed E-state index contributed by atoms with van der Waals surface area (Å²) in [6, 6.07) is 10.5. The number of hydrogen-bond donors (Lipinski definition) is 1. The number of amides is 1. The maximum Gasteiger partial charge on any atom is 0.226 e. The Bertz CT molecular complexity index is 531. The van der Waals surface area contributed by atoms with E-state index in [0.717, 1.165) is 45.7 Å². The molecule has 2 aliphatic heterocycles. The van der Waals surface area contributed by atoms with Crippen molar-refractivity contribution in [3.8, 4) is 0 Å². The minimum atomic E-state index is 0.317. The molecular weight excluding hydrogens is 274 g/mol. The number of benzene rings is 1. The predicted octanol–water partition coefficient (Wildman–Crippen LogP) is 1.72. The third kappa shape index (κ3) is 2.50. The molecule has 0 aromatic heterocycles. The van der Waals surface area contributed by atoms with E-state index in [1.807, 2.05) is 0 Å². The number of para-hydroxylation sites is 1. The lowest BCUT2D eigenvalue weighted by Crippen LogP contribution is -2.49. The molecule has 1 N–H and O–H groups in total. The molecule has 0 radical (unpaired) electrons. The van der Waals surface area contributed by atoms with E-state index >= 15 is 0 Å².